The minimum Gasteiger partial charge on any atom is -0.372 e. The van der Waals surface area contributed by atoms with E-state index in [1.165, 1.54) is 4.90 Å². The normalized spacial score (nSPS) is 23.9. The van der Waals surface area contributed by atoms with Gasteiger partial charge < -0.3 is 9.64 Å². The van der Waals surface area contributed by atoms with Crippen LogP contribution in [0.15, 0.2) is 78.9 Å². The van der Waals surface area contributed by atoms with Crippen LogP contribution < -0.4 is 0 Å². The zero-order valence-corrected chi connectivity index (χ0v) is 23.9. The standard InChI is InChI=1S/C33H34F6N2O2/c1-40(2)28(42)17-24-19-41-14-13-27(24)31(30(41)29(22-9-5-3-6-10-22)23-11-7-4-8-12-23)43-20-21-15-25(32(34,35)36)18-26(16-21)33(37,38)39/h3-12,15-16,18,24,27,29-31H,13-14,17,19-20H2,1-2H3/t24-,27-,30-,31+/m1/s1. The number of rotatable bonds is 8. The molecule has 3 aromatic carbocycles. The van der Waals surface area contributed by atoms with Gasteiger partial charge in [-0.05, 0) is 59.7 Å². The number of fused-ring (bicyclic) bond motifs is 3. The third kappa shape index (κ3) is 6.91. The molecule has 0 aliphatic carbocycles. The smallest absolute Gasteiger partial charge is 0.372 e. The Labute approximate surface area is 247 Å². The van der Waals surface area contributed by atoms with E-state index in [0.29, 0.717) is 13.0 Å². The molecule has 4 nitrogen and oxygen atoms in total. The number of carbonyl (C=O) groups is 1. The molecule has 3 heterocycles. The molecule has 0 N–H and O–H groups in total. The third-order valence-corrected chi connectivity index (χ3v) is 8.69. The molecule has 43 heavy (non-hydrogen) atoms. The van der Waals surface area contributed by atoms with Crippen molar-refractivity contribution in [3.63, 3.8) is 0 Å². The highest BCUT2D eigenvalue weighted by Crippen LogP contribution is 2.47. The molecule has 0 saturated carbocycles. The highest BCUT2D eigenvalue weighted by molar-refractivity contribution is 5.75. The molecule has 3 aliphatic heterocycles. The number of amides is 1. The van der Waals surface area contributed by atoms with Crippen LogP contribution in [0.2, 0.25) is 0 Å². The summed E-state index contributed by atoms with van der Waals surface area (Å²) in [6.45, 7) is 0.968. The van der Waals surface area contributed by atoms with Gasteiger partial charge in [0.05, 0.1) is 23.8 Å². The predicted octanol–water partition coefficient (Wildman–Crippen LogP) is 7.24. The topological polar surface area (TPSA) is 32.8 Å². The summed E-state index contributed by atoms with van der Waals surface area (Å²) in [5.41, 5.74) is -0.882. The lowest BCUT2D eigenvalue weighted by Gasteiger charge is -2.56. The SMILES string of the molecule is CN(C)C(=O)C[C@@H]1CN2CC[C@H]1[C@H](OCc1cc(C(F)(F)F)cc(C(F)(F)F)c1)[C@H]2C(c1ccccc1)c1ccccc1. The summed E-state index contributed by atoms with van der Waals surface area (Å²) in [6, 6.07) is 21.0. The Kier molecular flexibility index (Phi) is 8.90. The second kappa shape index (κ2) is 12.3. The maximum atomic E-state index is 13.6. The molecule has 10 heteroatoms. The largest absolute Gasteiger partial charge is 0.416 e. The highest BCUT2D eigenvalue weighted by atomic mass is 19.4. The van der Waals surface area contributed by atoms with Crippen LogP contribution in [0.5, 0.6) is 0 Å². The molecule has 1 unspecified atom stereocenters. The zero-order valence-electron chi connectivity index (χ0n) is 23.9. The molecule has 3 aliphatic rings. The van der Waals surface area contributed by atoms with Gasteiger partial charge in [0.15, 0.2) is 0 Å². The van der Waals surface area contributed by atoms with Crippen molar-refractivity contribution in [3.8, 4) is 0 Å². The number of benzene rings is 3. The lowest BCUT2D eigenvalue weighted by Crippen LogP contribution is -2.64. The molecule has 230 valence electrons. The number of halogens is 6. The molecule has 3 aromatic rings. The van der Waals surface area contributed by atoms with Gasteiger partial charge in [-0.25, -0.2) is 0 Å². The number of carbonyl (C=O) groups excluding carboxylic acids is 1. The molecular weight excluding hydrogens is 570 g/mol. The van der Waals surface area contributed by atoms with E-state index in [2.05, 4.69) is 4.90 Å². The van der Waals surface area contributed by atoms with Crippen molar-refractivity contribution >= 4 is 5.91 Å². The Morgan fingerprint density at radius 1 is 0.884 bits per heavy atom. The van der Waals surface area contributed by atoms with Crippen molar-refractivity contribution in [3.05, 3.63) is 107 Å². The number of alkyl halides is 6. The minimum absolute atomic E-state index is 0.0376. The van der Waals surface area contributed by atoms with Crippen LogP contribution in [0.3, 0.4) is 0 Å². The van der Waals surface area contributed by atoms with Crippen LogP contribution in [0, 0.1) is 11.8 Å². The number of ether oxygens (including phenoxy) is 1. The molecule has 0 radical (unpaired) electrons. The fourth-order valence-corrected chi connectivity index (χ4v) is 6.69. The van der Waals surface area contributed by atoms with Crippen molar-refractivity contribution in [1.82, 2.24) is 9.80 Å². The van der Waals surface area contributed by atoms with E-state index in [-0.39, 0.29) is 47.8 Å². The second-order valence-corrected chi connectivity index (χ2v) is 11.7. The summed E-state index contributed by atoms with van der Waals surface area (Å²) >= 11 is 0. The van der Waals surface area contributed by atoms with Crippen LogP contribution in [-0.4, -0.2) is 55.0 Å². The van der Waals surface area contributed by atoms with Gasteiger partial charge in [0, 0.05) is 39.0 Å². The molecule has 5 atom stereocenters. The van der Waals surface area contributed by atoms with Gasteiger partial charge in [-0.15, -0.1) is 0 Å². The van der Waals surface area contributed by atoms with Crippen molar-refractivity contribution in [2.45, 2.75) is 49.9 Å². The lowest BCUT2D eigenvalue weighted by molar-refractivity contribution is -0.153. The van der Waals surface area contributed by atoms with Crippen LogP contribution in [-0.2, 0) is 28.5 Å². The molecule has 1 amide bonds. The maximum Gasteiger partial charge on any atom is 0.416 e. The van der Waals surface area contributed by atoms with Crippen molar-refractivity contribution < 1.29 is 35.9 Å². The van der Waals surface area contributed by atoms with E-state index in [0.717, 1.165) is 29.8 Å². The Morgan fingerprint density at radius 3 is 1.91 bits per heavy atom. The van der Waals surface area contributed by atoms with Crippen molar-refractivity contribution in [2.75, 3.05) is 27.2 Å². The Hall–Kier alpha value is -3.37. The Balaban J connectivity index is 1.54. The monoisotopic (exact) mass is 604 g/mol. The van der Waals surface area contributed by atoms with Crippen LogP contribution in [0.25, 0.3) is 0 Å². The van der Waals surface area contributed by atoms with Gasteiger partial charge >= 0.3 is 12.4 Å². The number of piperidine rings is 3. The highest BCUT2D eigenvalue weighted by Gasteiger charge is 2.51. The molecule has 3 fully saturated rings. The van der Waals surface area contributed by atoms with E-state index < -0.39 is 36.2 Å². The summed E-state index contributed by atoms with van der Waals surface area (Å²) in [5.74, 6) is -0.386. The summed E-state index contributed by atoms with van der Waals surface area (Å²) in [7, 11) is 3.38. The minimum atomic E-state index is -4.95. The first-order valence-electron chi connectivity index (χ1n) is 14.3. The number of nitrogens with zero attached hydrogens (tertiary/aromatic N) is 2. The molecule has 2 bridgehead atoms. The number of hydrogen-bond acceptors (Lipinski definition) is 3. The van der Waals surface area contributed by atoms with Gasteiger partial charge in [0.1, 0.15) is 0 Å². The molecule has 6 rings (SSSR count). The van der Waals surface area contributed by atoms with Gasteiger partial charge in [-0.1, -0.05) is 60.7 Å². The van der Waals surface area contributed by atoms with Gasteiger partial charge in [-0.3, -0.25) is 9.69 Å². The quantitative estimate of drug-likeness (QED) is 0.254. The van der Waals surface area contributed by atoms with Gasteiger partial charge in [-0.2, -0.15) is 26.3 Å². The molecule has 0 aromatic heterocycles. The van der Waals surface area contributed by atoms with E-state index in [1.807, 2.05) is 60.7 Å². The van der Waals surface area contributed by atoms with Crippen molar-refractivity contribution in [1.29, 1.82) is 0 Å². The van der Waals surface area contributed by atoms with E-state index >= 15 is 0 Å². The van der Waals surface area contributed by atoms with Gasteiger partial charge in [0.2, 0.25) is 5.91 Å². The first-order chi connectivity index (χ1) is 20.3. The molecule has 0 spiro atoms. The van der Waals surface area contributed by atoms with E-state index in [4.69, 9.17) is 4.74 Å². The fraction of sp³-hybridized carbons (Fsp3) is 0.424. The van der Waals surface area contributed by atoms with Crippen molar-refractivity contribution in [2.24, 2.45) is 11.8 Å². The van der Waals surface area contributed by atoms with E-state index in [1.54, 1.807) is 14.1 Å². The Morgan fingerprint density at radius 2 is 1.42 bits per heavy atom. The summed E-state index contributed by atoms with van der Waals surface area (Å²) < 4.78 is 87.9. The predicted molar refractivity (Wildman–Crippen MR) is 150 cm³/mol. The number of hydrogen-bond donors (Lipinski definition) is 0. The zero-order chi connectivity index (χ0) is 30.9. The summed E-state index contributed by atoms with van der Waals surface area (Å²) in [4.78, 5) is 16.6. The maximum absolute atomic E-state index is 13.6. The fourth-order valence-electron chi connectivity index (χ4n) is 6.69. The van der Waals surface area contributed by atoms with Crippen LogP contribution in [0.4, 0.5) is 26.3 Å². The lowest BCUT2D eigenvalue weighted by atomic mass is 9.67. The van der Waals surface area contributed by atoms with E-state index in [9.17, 15) is 31.1 Å². The first kappa shape index (κ1) is 31.1. The van der Waals surface area contributed by atoms with Crippen LogP contribution in [0.1, 0.15) is 46.6 Å². The molecule has 3 saturated heterocycles. The third-order valence-electron chi connectivity index (χ3n) is 8.69. The Bertz CT molecular complexity index is 1320. The van der Waals surface area contributed by atoms with Crippen LogP contribution >= 0.6 is 0 Å². The summed E-state index contributed by atoms with van der Waals surface area (Å²) in [5, 5.41) is 0. The summed E-state index contributed by atoms with van der Waals surface area (Å²) in [6.07, 6.45) is -9.45. The average Bonchev–Trinajstić information content (AvgIpc) is 2.97. The van der Waals surface area contributed by atoms with Gasteiger partial charge in [0.25, 0.3) is 0 Å². The average molecular weight is 605 g/mol. The first-order valence-corrected chi connectivity index (χ1v) is 14.3. The second-order valence-electron chi connectivity index (χ2n) is 11.7. The molecular formula is C33H34F6N2O2.